The molecule has 104 valence electrons. The zero-order valence-electron chi connectivity index (χ0n) is 10.6. The third-order valence-electron chi connectivity index (χ3n) is 1.62. The van der Waals surface area contributed by atoms with Crippen molar-refractivity contribution in [2.75, 3.05) is 13.6 Å². The molecule has 0 fully saturated rings. The van der Waals surface area contributed by atoms with E-state index < -0.39 is 17.7 Å². The summed E-state index contributed by atoms with van der Waals surface area (Å²) in [6.45, 7) is 3.39. The van der Waals surface area contributed by atoms with Crippen LogP contribution in [0.3, 0.4) is 0 Å². The Labute approximate surface area is 105 Å². The van der Waals surface area contributed by atoms with Gasteiger partial charge in [-0.1, -0.05) is 13.8 Å². The lowest BCUT2D eigenvalue weighted by molar-refractivity contribution is -0.149. The van der Waals surface area contributed by atoms with Gasteiger partial charge in [0, 0.05) is 13.5 Å². The van der Waals surface area contributed by atoms with Gasteiger partial charge in [0.25, 0.3) is 0 Å². The standard InChI is InChI=1S/C6H10O3.C4H9N3O2/c1-4(2)3-5(7)6(8)9;1-7(4(5)6)2-3(8)9/h4H,3H2,1-2H3,(H,8,9);2H2,1H3,(H3,5,6)(H,8,9). The third kappa shape index (κ3) is 12.0. The number of carbonyl (C=O) groups is 3. The van der Waals surface area contributed by atoms with Crippen molar-refractivity contribution >= 4 is 23.7 Å². The van der Waals surface area contributed by atoms with Crippen molar-refractivity contribution in [3.63, 3.8) is 0 Å². The quantitative estimate of drug-likeness (QED) is 0.299. The fourth-order valence-corrected chi connectivity index (χ4v) is 0.746. The molecule has 0 radical (unpaired) electrons. The number of aliphatic carboxylic acids is 2. The first-order chi connectivity index (χ1) is 8.07. The summed E-state index contributed by atoms with van der Waals surface area (Å²) in [5, 5.41) is 23.0. The summed E-state index contributed by atoms with van der Waals surface area (Å²) in [6.07, 6.45) is 0.134. The minimum Gasteiger partial charge on any atom is -0.480 e. The Bertz CT molecular complexity index is 327. The summed E-state index contributed by atoms with van der Waals surface area (Å²) in [5.41, 5.74) is 4.93. The Morgan fingerprint density at radius 3 is 1.83 bits per heavy atom. The molecule has 0 aromatic carbocycles. The van der Waals surface area contributed by atoms with Crippen LogP contribution in [0.2, 0.25) is 0 Å². The molecule has 0 atom stereocenters. The number of nitrogens with zero attached hydrogens (tertiary/aromatic N) is 1. The van der Waals surface area contributed by atoms with Crippen molar-refractivity contribution in [1.29, 1.82) is 5.41 Å². The predicted octanol–water partition coefficient (Wildman–Crippen LogP) is -0.418. The summed E-state index contributed by atoms with van der Waals surface area (Å²) in [5.74, 6) is -3.13. The van der Waals surface area contributed by atoms with Crippen LogP contribution in [-0.2, 0) is 14.4 Å². The number of carboxylic acid groups (broad SMARTS) is 2. The van der Waals surface area contributed by atoms with Gasteiger partial charge in [0.1, 0.15) is 6.54 Å². The van der Waals surface area contributed by atoms with E-state index >= 15 is 0 Å². The molecule has 0 amide bonds. The predicted molar refractivity (Wildman–Crippen MR) is 64.3 cm³/mol. The Balaban J connectivity index is 0. The van der Waals surface area contributed by atoms with Crippen LogP contribution in [0.1, 0.15) is 20.3 Å². The van der Waals surface area contributed by atoms with Gasteiger partial charge in [-0.15, -0.1) is 0 Å². The molecule has 0 bridgehead atoms. The second-order valence-corrected chi connectivity index (χ2v) is 3.96. The summed E-state index contributed by atoms with van der Waals surface area (Å²) in [6, 6.07) is 0. The van der Waals surface area contributed by atoms with E-state index in [0.29, 0.717) is 0 Å². The largest absolute Gasteiger partial charge is 0.480 e. The zero-order valence-corrected chi connectivity index (χ0v) is 10.6. The van der Waals surface area contributed by atoms with Crippen molar-refractivity contribution in [2.24, 2.45) is 11.7 Å². The number of Topliss-reactive ketones (excluding diaryl/α,β-unsaturated/α-hetero) is 1. The normalized spacial score (nSPS) is 9.11. The summed E-state index contributed by atoms with van der Waals surface area (Å²) >= 11 is 0. The van der Waals surface area contributed by atoms with E-state index in [1.807, 2.05) is 0 Å². The number of carboxylic acids is 2. The fraction of sp³-hybridized carbons (Fsp3) is 0.600. The van der Waals surface area contributed by atoms with Crippen LogP contribution >= 0.6 is 0 Å². The molecule has 0 aromatic rings. The van der Waals surface area contributed by atoms with E-state index in [1.165, 1.54) is 7.05 Å². The highest BCUT2D eigenvalue weighted by molar-refractivity contribution is 6.32. The monoisotopic (exact) mass is 261 g/mol. The highest BCUT2D eigenvalue weighted by Gasteiger charge is 2.11. The van der Waals surface area contributed by atoms with Crippen molar-refractivity contribution < 1.29 is 24.6 Å². The molecule has 0 aliphatic carbocycles. The van der Waals surface area contributed by atoms with Gasteiger partial charge >= 0.3 is 11.9 Å². The number of nitrogens with two attached hydrogens (primary N) is 1. The number of hydrogen-bond donors (Lipinski definition) is 4. The Morgan fingerprint density at radius 2 is 1.72 bits per heavy atom. The van der Waals surface area contributed by atoms with Crippen LogP contribution in [0.25, 0.3) is 0 Å². The smallest absolute Gasteiger partial charge is 0.372 e. The average Bonchev–Trinajstić information content (AvgIpc) is 2.16. The molecule has 0 saturated heterocycles. The van der Waals surface area contributed by atoms with Crippen LogP contribution in [0.15, 0.2) is 0 Å². The Kier molecular flexibility index (Phi) is 9.09. The van der Waals surface area contributed by atoms with Gasteiger partial charge in [0.05, 0.1) is 0 Å². The number of guanidine groups is 1. The first-order valence-electron chi connectivity index (χ1n) is 5.11. The zero-order chi connectivity index (χ0) is 14.9. The molecule has 0 spiro atoms. The van der Waals surface area contributed by atoms with Crippen LogP contribution in [0.4, 0.5) is 0 Å². The Hall–Kier alpha value is -2.12. The summed E-state index contributed by atoms with van der Waals surface area (Å²) in [4.78, 5) is 31.3. The third-order valence-corrected chi connectivity index (χ3v) is 1.62. The van der Waals surface area contributed by atoms with E-state index in [1.54, 1.807) is 13.8 Å². The average molecular weight is 261 g/mol. The van der Waals surface area contributed by atoms with E-state index in [0.717, 1.165) is 4.90 Å². The number of rotatable bonds is 5. The van der Waals surface area contributed by atoms with Crippen LogP contribution in [-0.4, -0.2) is 52.4 Å². The van der Waals surface area contributed by atoms with Crippen LogP contribution in [0, 0.1) is 11.3 Å². The topological polar surface area (TPSA) is 145 Å². The number of carbonyl (C=O) groups excluding carboxylic acids is 1. The number of likely N-dealkylation sites (N-methyl/N-ethyl adjacent to an activating group) is 1. The molecule has 5 N–H and O–H groups in total. The number of hydrogen-bond acceptors (Lipinski definition) is 4. The number of nitrogens with one attached hydrogen (secondary N) is 1. The molecule has 0 saturated carbocycles. The van der Waals surface area contributed by atoms with Gasteiger partial charge in [-0.2, -0.15) is 0 Å². The molecule has 0 unspecified atom stereocenters. The maximum absolute atomic E-state index is 10.4. The molecule has 0 aromatic heterocycles. The van der Waals surface area contributed by atoms with Crippen molar-refractivity contribution in [2.45, 2.75) is 20.3 Å². The van der Waals surface area contributed by atoms with Crippen LogP contribution in [0.5, 0.6) is 0 Å². The van der Waals surface area contributed by atoms with Crippen molar-refractivity contribution in [3.8, 4) is 0 Å². The molecular weight excluding hydrogens is 242 g/mol. The SMILES string of the molecule is CC(C)CC(=O)C(=O)O.CN(CC(=O)O)C(=N)N. The fourth-order valence-electron chi connectivity index (χ4n) is 0.746. The highest BCUT2D eigenvalue weighted by Crippen LogP contribution is 1.99. The van der Waals surface area contributed by atoms with Crippen molar-refractivity contribution in [1.82, 2.24) is 4.90 Å². The highest BCUT2D eigenvalue weighted by atomic mass is 16.4. The lowest BCUT2D eigenvalue weighted by Crippen LogP contribution is -2.36. The first-order valence-corrected chi connectivity index (χ1v) is 5.11. The van der Waals surface area contributed by atoms with E-state index in [2.05, 4.69) is 0 Å². The molecule has 0 heterocycles. The van der Waals surface area contributed by atoms with Crippen molar-refractivity contribution in [3.05, 3.63) is 0 Å². The lowest BCUT2D eigenvalue weighted by Gasteiger charge is -2.12. The maximum Gasteiger partial charge on any atom is 0.372 e. The minimum atomic E-state index is -1.33. The molecule has 18 heavy (non-hydrogen) atoms. The molecule has 0 aliphatic heterocycles. The van der Waals surface area contributed by atoms with Gasteiger partial charge in [-0.05, 0) is 5.92 Å². The number of ketones is 1. The second kappa shape index (κ2) is 8.97. The Morgan fingerprint density at radius 1 is 1.28 bits per heavy atom. The second-order valence-electron chi connectivity index (χ2n) is 3.96. The summed E-state index contributed by atoms with van der Waals surface area (Å²) in [7, 11) is 1.44. The van der Waals surface area contributed by atoms with Gasteiger partial charge in [-0.3, -0.25) is 15.0 Å². The maximum atomic E-state index is 10.4. The van der Waals surface area contributed by atoms with E-state index in [-0.39, 0.29) is 24.8 Å². The van der Waals surface area contributed by atoms with Gasteiger partial charge < -0.3 is 20.8 Å². The molecule has 0 aliphatic rings. The van der Waals surface area contributed by atoms with E-state index in [4.69, 9.17) is 21.4 Å². The molecule has 8 nitrogen and oxygen atoms in total. The van der Waals surface area contributed by atoms with Gasteiger partial charge in [0.2, 0.25) is 5.78 Å². The van der Waals surface area contributed by atoms with E-state index in [9.17, 15) is 14.4 Å². The van der Waals surface area contributed by atoms with Crippen LogP contribution < -0.4 is 5.73 Å². The molecule has 0 rings (SSSR count). The molecular formula is C10H19N3O5. The van der Waals surface area contributed by atoms with Gasteiger partial charge in [0.15, 0.2) is 5.96 Å². The lowest BCUT2D eigenvalue weighted by atomic mass is 10.1. The minimum absolute atomic E-state index is 0.133. The van der Waals surface area contributed by atoms with Gasteiger partial charge in [-0.25, -0.2) is 4.79 Å². The first kappa shape index (κ1) is 18.3. The molecule has 8 heteroatoms. The summed E-state index contributed by atoms with van der Waals surface area (Å²) < 4.78 is 0.